The molecule has 4 aromatic rings. The molecule has 2 N–H and O–H groups in total. The molecule has 0 unspecified atom stereocenters. The molecule has 0 saturated carbocycles. The largest absolute Gasteiger partial charge is 0.507 e. The zero-order chi connectivity index (χ0) is 17.6. The van der Waals surface area contributed by atoms with Gasteiger partial charge in [-0.3, -0.25) is 0 Å². The number of benzene rings is 2. The topological polar surface area (TPSA) is 66.2 Å². The number of rotatable bonds is 2. The van der Waals surface area contributed by atoms with Crippen LogP contribution in [0.5, 0.6) is 5.75 Å². The van der Waals surface area contributed by atoms with Crippen molar-refractivity contribution in [2.45, 2.75) is 6.92 Å². The SMILES string of the molecule is Cc1cc(O)c(-c2c(-c3ccccc3)[nH]c3ccc(Br)cc23)c(=O)o1. The molecule has 0 radical (unpaired) electrons. The third kappa shape index (κ3) is 2.66. The third-order valence-electron chi connectivity index (χ3n) is 4.13. The molecule has 124 valence electrons. The molecule has 4 rings (SSSR count). The van der Waals surface area contributed by atoms with Crippen molar-refractivity contribution in [1.82, 2.24) is 4.98 Å². The minimum absolute atomic E-state index is 0.0909. The van der Waals surface area contributed by atoms with Gasteiger partial charge in [0.25, 0.3) is 0 Å². The fourth-order valence-electron chi connectivity index (χ4n) is 3.07. The van der Waals surface area contributed by atoms with E-state index < -0.39 is 5.63 Å². The fourth-order valence-corrected chi connectivity index (χ4v) is 3.43. The minimum Gasteiger partial charge on any atom is -0.507 e. The van der Waals surface area contributed by atoms with Crippen LogP contribution >= 0.6 is 15.9 Å². The Morgan fingerprint density at radius 1 is 1.04 bits per heavy atom. The second kappa shape index (κ2) is 5.93. The highest BCUT2D eigenvalue weighted by atomic mass is 79.9. The zero-order valence-electron chi connectivity index (χ0n) is 13.3. The molecular weight excluding hydrogens is 382 g/mol. The number of aryl methyl sites for hydroxylation is 1. The van der Waals surface area contributed by atoms with Crippen LogP contribution < -0.4 is 5.63 Å². The highest BCUT2D eigenvalue weighted by Gasteiger charge is 2.22. The van der Waals surface area contributed by atoms with Crippen LogP contribution in [0.3, 0.4) is 0 Å². The van der Waals surface area contributed by atoms with Crippen LogP contribution in [0.25, 0.3) is 33.3 Å². The average molecular weight is 396 g/mol. The van der Waals surface area contributed by atoms with E-state index in [1.165, 1.54) is 6.07 Å². The summed E-state index contributed by atoms with van der Waals surface area (Å²) in [4.78, 5) is 15.9. The molecule has 0 aliphatic heterocycles. The average Bonchev–Trinajstić information content (AvgIpc) is 2.93. The standard InChI is InChI=1S/C20H14BrNO3/c1-11-9-16(23)18(20(24)25-11)17-14-10-13(21)7-8-15(14)22-19(17)12-5-3-2-4-6-12/h2-10,22-23H,1H3. The second-order valence-corrected chi connectivity index (χ2v) is 6.75. The molecule has 0 amide bonds. The van der Waals surface area contributed by atoms with Gasteiger partial charge in [-0.1, -0.05) is 46.3 Å². The highest BCUT2D eigenvalue weighted by molar-refractivity contribution is 9.10. The van der Waals surface area contributed by atoms with E-state index in [-0.39, 0.29) is 11.3 Å². The number of hydrogen-bond donors (Lipinski definition) is 2. The van der Waals surface area contributed by atoms with Crippen LogP contribution in [-0.4, -0.2) is 10.1 Å². The molecule has 0 fully saturated rings. The molecule has 25 heavy (non-hydrogen) atoms. The summed E-state index contributed by atoms with van der Waals surface area (Å²) in [5.74, 6) is 0.278. The monoisotopic (exact) mass is 395 g/mol. The highest BCUT2D eigenvalue weighted by Crippen LogP contribution is 2.41. The summed E-state index contributed by atoms with van der Waals surface area (Å²) in [6.07, 6.45) is 0. The van der Waals surface area contributed by atoms with E-state index in [1.54, 1.807) is 6.92 Å². The first-order valence-corrected chi connectivity index (χ1v) is 8.54. The Labute approximate surface area is 151 Å². The smallest absolute Gasteiger partial charge is 0.347 e. The minimum atomic E-state index is -0.560. The maximum Gasteiger partial charge on any atom is 0.347 e. The predicted molar refractivity (Wildman–Crippen MR) is 102 cm³/mol. The van der Waals surface area contributed by atoms with Gasteiger partial charge >= 0.3 is 5.63 Å². The maximum absolute atomic E-state index is 12.5. The van der Waals surface area contributed by atoms with Gasteiger partial charge in [0.05, 0.1) is 5.69 Å². The van der Waals surface area contributed by atoms with Crippen LogP contribution in [0.2, 0.25) is 0 Å². The molecule has 5 heteroatoms. The van der Waals surface area contributed by atoms with Crippen LogP contribution in [0.4, 0.5) is 0 Å². The number of H-pyrrole nitrogens is 1. The number of nitrogens with one attached hydrogen (secondary N) is 1. The first-order valence-electron chi connectivity index (χ1n) is 7.75. The summed E-state index contributed by atoms with van der Waals surface area (Å²) >= 11 is 3.48. The Morgan fingerprint density at radius 2 is 1.80 bits per heavy atom. The number of fused-ring (bicyclic) bond motifs is 1. The lowest BCUT2D eigenvalue weighted by Crippen LogP contribution is -2.04. The van der Waals surface area contributed by atoms with Gasteiger partial charge in [0.2, 0.25) is 0 Å². The number of halogens is 1. The van der Waals surface area contributed by atoms with Gasteiger partial charge in [-0.05, 0) is 30.7 Å². The van der Waals surface area contributed by atoms with Crippen LogP contribution in [0.15, 0.2) is 68.3 Å². The van der Waals surface area contributed by atoms with Crippen molar-refractivity contribution in [2.75, 3.05) is 0 Å². The van der Waals surface area contributed by atoms with Crippen molar-refractivity contribution in [3.05, 3.63) is 75.3 Å². The number of aromatic hydroxyl groups is 1. The fraction of sp³-hybridized carbons (Fsp3) is 0.0500. The molecule has 0 aliphatic rings. The first-order chi connectivity index (χ1) is 12.0. The molecule has 2 aromatic heterocycles. The van der Waals surface area contributed by atoms with Gasteiger partial charge in [0.15, 0.2) is 0 Å². The lowest BCUT2D eigenvalue weighted by atomic mass is 9.99. The molecule has 2 aromatic carbocycles. The van der Waals surface area contributed by atoms with Crippen molar-refractivity contribution in [1.29, 1.82) is 0 Å². The summed E-state index contributed by atoms with van der Waals surface area (Å²) < 4.78 is 6.13. The second-order valence-electron chi connectivity index (χ2n) is 5.84. The van der Waals surface area contributed by atoms with E-state index in [0.29, 0.717) is 11.3 Å². The lowest BCUT2D eigenvalue weighted by molar-refractivity contribution is 0.438. The predicted octanol–water partition coefficient (Wildman–Crippen LogP) is 5.23. The normalized spacial score (nSPS) is 11.1. The van der Waals surface area contributed by atoms with E-state index >= 15 is 0 Å². The summed E-state index contributed by atoms with van der Waals surface area (Å²) in [5.41, 5.74) is 2.79. The number of aromatic nitrogens is 1. The molecule has 0 bridgehead atoms. The third-order valence-corrected chi connectivity index (χ3v) is 4.62. The van der Waals surface area contributed by atoms with Gasteiger partial charge in [-0.2, -0.15) is 0 Å². The Kier molecular flexibility index (Phi) is 3.73. The van der Waals surface area contributed by atoms with Crippen molar-refractivity contribution in [2.24, 2.45) is 0 Å². The Morgan fingerprint density at radius 3 is 2.52 bits per heavy atom. The first kappa shape index (κ1) is 15.7. The summed E-state index contributed by atoms with van der Waals surface area (Å²) in [6, 6.07) is 16.9. The van der Waals surface area contributed by atoms with Crippen molar-refractivity contribution in [3.8, 4) is 28.1 Å². The Balaban J connectivity index is 2.15. The van der Waals surface area contributed by atoms with Crippen molar-refractivity contribution >= 4 is 26.8 Å². The van der Waals surface area contributed by atoms with Crippen molar-refractivity contribution in [3.63, 3.8) is 0 Å². The lowest BCUT2D eigenvalue weighted by Gasteiger charge is -2.07. The zero-order valence-corrected chi connectivity index (χ0v) is 14.9. The molecule has 0 atom stereocenters. The van der Waals surface area contributed by atoms with Gasteiger partial charge in [0.1, 0.15) is 17.1 Å². The Bertz CT molecular complexity index is 1140. The van der Waals surface area contributed by atoms with Gasteiger partial charge in [0, 0.05) is 27.0 Å². The van der Waals surface area contributed by atoms with E-state index in [0.717, 1.165) is 26.6 Å². The molecule has 0 aliphatic carbocycles. The van der Waals surface area contributed by atoms with Crippen LogP contribution in [0, 0.1) is 6.92 Å². The summed E-state index contributed by atoms with van der Waals surface area (Å²) in [5, 5.41) is 11.3. The quantitative estimate of drug-likeness (QED) is 0.488. The summed E-state index contributed by atoms with van der Waals surface area (Å²) in [7, 11) is 0. The van der Waals surface area contributed by atoms with Gasteiger partial charge in [-0.15, -0.1) is 0 Å². The Hall–Kier alpha value is -2.79. The van der Waals surface area contributed by atoms with E-state index in [9.17, 15) is 9.90 Å². The van der Waals surface area contributed by atoms with Gasteiger partial charge in [-0.25, -0.2) is 4.79 Å². The van der Waals surface area contributed by atoms with E-state index in [1.807, 2.05) is 48.5 Å². The summed E-state index contributed by atoms with van der Waals surface area (Å²) in [6.45, 7) is 1.63. The van der Waals surface area contributed by atoms with Crippen LogP contribution in [-0.2, 0) is 0 Å². The molecular formula is C20H14BrNO3. The molecule has 4 nitrogen and oxygen atoms in total. The van der Waals surface area contributed by atoms with Crippen LogP contribution in [0.1, 0.15) is 5.76 Å². The molecule has 0 spiro atoms. The number of aromatic amines is 1. The molecule has 2 heterocycles. The van der Waals surface area contributed by atoms with Gasteiger partial charge < -0.3 is 14.5 Å². The molecule has 0 saturated heterocycles. The van der Waals surface area contributed by atoms with Crippen molar-refractivity contribution < 1.29 is 9.52 Å². The number of hydrogen-bond acceptors (Lipinski definition) is 3. The van der Waals surface area contributed by atoms with E-state index in [4.69, 9.17) is 4.42 Å². The maximum atomic E-state index is 12.5. The van der Waals surface area contributed by atoms with E-state index in [2.05, 4.69) is 20.9 Å².